The Bertz CT molecular complexity index is 530. The summed E-state index contributed by atoms with van der Waals surface area (Å²) in [6.07, 6.45) is 6.98. The monoisotopic (exact) mass is 331 g/mol. The Balaban J connectivity index is 1.54. The summed E-state index contributed by atoms with van der Waals surface area (Å²) in [6.45, 7) is 8.62. The van der Waals surface area contributed by atoms with Crippen LogP contribution < -0.4 is 4.74 Å². The Morgan fingerprint density at radius 2 is 2.00 bits per heavy atom. The van der Waals surface area contributed by atoms with Crippen LogP contribution in [0.15, 0.2) is 24.3 Å². The van der Waals surface area contributed by atoms with Crippen LogP contribution >= 0.6 is 0 Å². The summed E-state index contributed by atoms with van der Waals surface area (Å²) in [5.41, 5.74) is 1.71. The molecule has 1 aliphatic carbocycles. The minimum Gasteiger partial charge on any atom is -0.492 e. The SMILES string of the molecule is CO[C@@H]1CCC[C@]12CCCN(CCOc1ccccc1C(C)C)C2. The smallest absolute Gasteiger partial charge is 0.122 e. The van der Waals surface area contributed by atoms with Crippen LogP contribution in [0.3, 0.4) is 0 Å². The third kappa shape index (κ3) is 3.78. The van der Waals surface area contributed by atoms with E-state index in [1.807, 2.05) is 7.11 Å². The number of methoxy groups -OCH3 is 1. The van der Waals surface area contributed by atoms with Gasteiger partial charge in [-0.05, 0) is 49.8 Å². The van der Waals surface area contributed by atoms with Gasteiger partial charge in [-0.3, -0.25) is 4.90 Å². The molecule has 1 aliphatic heterocycles. The van der Waals surface area contributed by atoms with Gasteiger partial charge < -0.3 is 9.47 Å². The highest BCUT2D eigenvalue weighted by Gasteiger charge is 2.45. The van der Waals surface area contributed by atoms with Crippen molar-refractivity contribution in [2.24, 2.45) is 5.41 Å². The maximum absolute atomic E-state index is 6.13. The molecule has 2 aliphatic rings. The van der Waals surface area contributed by atoms with Crippen molar-refractivity contribution < 1.29 is 9.47 Å². The van der Waals surface area contributed by atoms with Crippen LogP contribution in [-0.4, -0.2) is 44.4 Å². The fraction of sp³-hybridized carbons (Fsp3) is 0.714. The topological polar surface area (TPSA) is 21.7 Å². The molecular formula is C21H33NO2. The molecule has 3 heteroatoms. The van der Waals surface area contributed by atoms with Crippen molar-refractivity contribution in [1.29, 1.82) is 0 Å². The summed E-state index contributed by atoms with van der Waals surface area (Å²) in [7, 11) is 1.89. The van der Waals surface area contributed by atoms with Crippen LogP contribution in [0.25, 0.3) is 0 Å². The van der Waals surface area contributed by atoms with E-state index in [1.165, 1.54) is 50.8 Å². The van der Waals surface area contributed by atoms with E-state index >= 15 is 0 Å². The average molecular weight is 332 g/mol. The largest absolute Gasteiger partial charge is 0.492 e. The van der Waals surface area contributed by atoms with E-state index in [4.69, 9.17) is 9.47 Å². The van der Waals surface area contributed by atoms with Crippen molar-refractivity contribution in [3.05, 3.63) is 29.8 Å². The second-order valence-corrected chi connectivity index (χ2v) is 7.90. The van der Waals surface area contributed by atoms with Crippen LogP contribution in [0.2, 0.25) is 0 Å². The molecule has 0 amide bonds. The van der Waals surface area contributed by atoms with E-state index in [1.54, 1.807) is 0 Å². The molecule has 2 atom stereocenters. The molecule has 1 heterocycles. The molecule has 0 unspecified atom stereocenters. The van der Waals surface area contributed by atoms with Gasteiger partial charge in [0.1, 0.15) is 12.4 Å². The predicted molar refractivity (Wildman–Crippen MR) is 98.8 cm³/mol. The molecule has 3 nitrogen and oxygen atoms in total. The number of benzene rings is 1. The third-order valence-electron chi connectivity index (χ3n) is 6.00. The molecule has 1 spiro atoms. The van der Waals surface area contributed by atoms with Crippen molar-refractivity contribution >= 4 is 0 Å². The lowest BCUT2D eigenvalue weighted by Crippen LogP contribution is -2.48. The molecule has 134 valence electrons. The van der Waals surface area contributed by atoms with E-state index in [0.29, 0.717) is 17.4 Å². The maximum atomic E-state index is 6.13. The normalized spacial score (nSPS) is 27.9. The Hall–Kier alpha value is -1.06. The summed E-state index contributed by atoms with van der Waals surface area (Å²) in [5, 5.41) is 0. The molecule has 2 fully saturated rings. The van der Waals surface area contributed by atoms with E-state index in [9.17, 15) is 0 Å². The van der Waals surface area contributed by atoms with Gasteiger partial charge in [0, 0.05) is 25.6 Å². The molecule has 0 N–H and O–H groups in total. The van der Waals surface area contributed by atoms with Gasteiger partial charge in [0.05, 0.1) is 6.10 Å². The van der Waals surface area contributed by atoms with Crippen molar-refractivity contribution in [1.82, 2.24) is 4.90 Å². The Morgan fingerprint density at radius 1 is 1.21 bits per heavy atom. The summed E-state index contributed by atoms with van der Waals surface area (Å²) in [4.78, 5) is 2.60. The van der Waals surface area contributed by atoms with Gasteiger partial charge in [0.15, 0.2) is 0 Å². The Labute approximate surface area is 147 Å². The summed E-state index contributed by atoms with van der Waals surface area (Å²) >= 11 is 0. The quantitative estimate of drug-likeness (QED) is 0.767. The first-order valence-electron chi connectivity index (χ1n) is 9.61. The predicted octanol–water partition coefficient (Wildman–Crippen LogP) is 4.47. The highest BCUT2D eigenvalue weighted by molar-refractivity contribution is 5.35. The fourth-order valence-electron chi connectivity index (χ4n) is 4.76. The van der Waals surface area contributed by atoms with Crippen molar-refractivity contribution in [2.45, 2.75) is 58.0 Å². The molecular weight excluding hydrogens is 298 g/mol. The molecule has 1 saturated carbocycles. The Morgan fingerprint density at radius 3 is 2.79 bits per heavy atom. The number of ether oxygens (including phenoxy) is 2. The van der Waals surface area contributed by atoms with Gasteiger partial charge in [0.2, 0.25) is 0 Å². The van der Waals surface area contributed by atoms with Crippen LogP contribution in [0.4, 0.5) is 0 Å². The second kappa shape index (κ2) is 7.88. The van der Waals surface area contributed by atoms with Crippen LogP contribution in [0, 0.1) is 5.41 Å². The van der Waals surface area contributed by atoms with Crippen LogP contribution in [0.1, 0.15) is 57.4 Å². The number of para-hydroxylation sites is 1. The minimum atomic E-state index is 0.406. The lowest BCUT2D eigenvalue weighted by atomic mass is 9.76. The summed E-state index contributed by atoms with van der Waals surface area (Å²) in [6, 6.07) is 8.45. The Kier molecular flexibility index (Phi) is 5.83. The molecule has 1 aromatic carbocycles. The van der Waals surface area contributed by atoms with Crippen molar-refractivity contribution in [2.75, 3.05) is 33.4 Å². The number of hydrogen-bond acceptors (Lipinski definition) is 3. The molecule has 3 rings (SSSR count). The maximum Gasteiger partial charge on any atom is 0.122 e. The first-order chi connectivity index (χ1) is 11.6. The van der Waals surface area contributed by atoms with Gasteiger partial charge in [0.25, 0.3) is 0 Å². The van der Waals surface area contributed by atoms with E-state index in [2.05, 4.69) is 43.0 Å². The molecule has 0 radical (unpaired) electrons. The molecule has 0 aromatic heterocycles. The first kappa shape index (κ1) is 17.8. The van der Waals surface area contributed by atoms with Crippen molar-refractivity contribution in [3.8, 4) is 5.75 Å². The molecule has 24 heavy (non-hydrogen) atoms. The number of hydrogen-bond donors (Lipinski definition) is 0. The second-order valence-electron chi connectivity index (χ2n) is 7.90. The van der Waals surface area contributed by atoms with Crippen LogP contribution in [0.5, 0.6) is 5.75 Å². The van der Waals surface area contributed by atoms with E-state index in [0.717, 1.165) is 18.9 Å². The first-order valence-corrected chi connectivity index (χ1v) is 9.61. The highest BCUT2D eigenvalue weighted by Crippen LogP contribution is 2.46. The standard InChI is InChI=1S/C21H33NO2/c1-17(2)18-8-4-5-9-19(18)24-15-14-22-13-7-12-21(16-22)11-6-10-20(21)23-3/h4-5,8-9,17,20H,6-7,10-16H2,1-3H3/t20-,21-/m1/s1. The number of nitrogens with zero attached hydrogens (tertiary/aromatic N) is 1. The van der Waals surface area contributed by atoms with E-state index < -0.39 is 0 Å². The van der Waals surface area contributed by atoms with Gasteiger partial charge in [-0.25, -0.2) is 0 Å². The average Bonchev–Trinajstić information content (AvgIpc) is 2.97. The minimum absolute atomic E-state index is 0.406. The number of likely N-dealkylation sites (tertiary alicyclic amines) is 1. The zero-order chi connectivity index (χ0) is 17.0. The third-order valence-corrected chi connectivity index (χ3v) is 6.00. The number of piperidine rings is 1. The van der Waals surface area contributed by atoms with Gasteiger partial charge in [-0.15, -0.1) is 0 Å². The number of rotatable bonds is 6. The van der Waals surface area contributed by atoms with Crippen molar-refractivity contribution in [3.63, 3.8) is 0 Å². The molecule has 1 saturated heterocycles. The highest BCUT2D eigenvalue weighted by atomic mass is 16.5. The van der Waals surface area contributed by atoms with Crippen LogP contribution in [-0.2, 0) is 4.74 Å². The molecule has 0 bridgehead atoms. The van der Waals surface area contributed by atoms with Gasteiger partial charge in [-0.2, -0.15) is 0 Å². The summed E-state index contributed by atoms with van der Waals surface area (Å²) in [5.74, 6) is 1.55. The lowest BCUT2D eigenvalue weighted by Gasteiger charge is -2.43. The zero-order valence-corrected chi connectivity index (χ0v) is 15.6. The zero-order valence-electron chi connectivity index (χ0n) is 15.6. The van der Waals surface area contributed by atoms with Gasteiger partial charge in [-0.1, -0.05) is 38.5 Å². The van der Waals surface area contributed by atoms with Gasteiger partial charge >= 0.3 is 0 Å². The fourth-order valence-corrected chi connectivity index (χ4v) is 4.76. The summed E-state index contributed by atoms with van der Waals surface area (Å²) < 4.78 is 11.9. The molecule has 1 aromatic rings. The van der Waals surface area contributed by atoms with E-state index in [-0.39, 0.29) is 0 Å². The lowest BCUT2D eigenvalue weighted by molar-refractivity contribution is -0.0366.